The first-order valence-electron chi connectivity index (χ1n) is 12.5. The van der Waals surface area contributed by atoms with Crippen LogP contribution in [0.2, 0.25) is 5.02 Å². The number of methoxy groups -OCH3 is 1. The summed E-state index contributed by atoms with van der Waals surface area (Å²) in [5, 5.41) is 9.99. The first kappa shape index (κ1) is 26.8. The Hall–Kier alpha value is -3.82. The lowest BCUT2D eigenvalue weighted by atomic mass is 9.98. The fourth-order valence-electron chi connectivity index (χ4n) is 4.38. The molecule has 3 aromatic carbocycles. The number of amidine groups is 1. The Balaban J connectivity index is 1.31. The number of nitrogens with zero attached hydrogens (tertiary/aromatic N) is 3. The van der Waals surface area contributed by atoms with Crippen LogP contribution in [0, 0.1) is 0 Å². The molecule has 2 aliphatic rings. The summed E-state index contributed by atoms with van der Waals surface area (Å²) < 4.78 is 10.7. The molecule has 0 radical (unpaired) electrons. The smallest absolute Gasteiger partial charge is 0.262 e. The molecule has 200 valence electrons. The number of hydrazone groups is 1. The number of halogens is 1. The van der Waals surface area contributed by atoms with E-state index in [0.717, 1.165) is 28.3 Å². The SMILES string of the molecule is CCOc1ccc(NC(=O)C[C@@H]2SC(N3N=C(c4ccc(OC)cc4)C[C@@H]3c3ccc(Cl)cc3)=NC2=O)cc1. The third-order valence-electron chi connectivity index (χ3n) is 6.33. The molecule has 0 fully saturated rings. The Bertz CT molecular complexity index is 1410. The standard InChI is InChI=1S/C29H27ClN4O4S/c1-3-38-23-14-10-21(11-15-23)31-27(35)17-26-28(36)32-29(39-26)34-25(19-4-8-20(30)9-5-19)16-24(33-34)18-6-12-22(37-2)13-7-18/h4-15,25-26H,3,16-17H2,1-2H3,(H,31,35)/t25-,26+/m1/s1. The van der Waals surface area contributed by atoms with Gasteiger partial charge < -0.3 is 14.8 Å². The lowest BCUT2D eigenvalue weighted by Crippen LogP contribution is -2.25. The van der Waals surface area contributed by atoms with Gasteiger partial charge >= 0.3 is 0 Å². The Morgan fingerprint density at radius 3 is 2.41 bits per heavy atom. The largest absolute Gasteiger partial charge is 0.497 e. The highest BCUT2D eigenvalue weighted by molar-refractivity contribution is 8.15. The highest BCUT2D eigenvalue weighted by Gasteiger charge is 2.39. The second-order valence-electron chi connectivity index (χ2n) is 8.94. The van der Waals surface area contributed by atoms with Crippen molar-refractivity contribution >= 4 is 51.7 Å². The lowest BCUT2D eigenvalue weighted by molar-refractivity contribution is -0.121. The van der Waals surface area contributed by atoms with Gasteiger partial charge in [0.15, 0.2) is 5.17 Å². The molecule has 8 nitrogen and oxygen atoms in total. The van der Waals surface area contributed by atoms with Gasteiger partial charge in [0, 0.05) is 23.6 Å². The van der Waals surface area contributed by atoms with E-state index in [0.29, 0.717) is 28.9 Å². The van der Waals surface area contributed by atoms with Crippen molar-refractivity contribution in [3.63, 3.8) is 0 Å². The zero-order valence-corrected chi connectivity index (χ0v) is 23.0. The molecule has 39 heavy (non-hydrogen) atoms. The lowest BCUT2D eigenvalue weighted by Gasteiger charge is -2.23. The normalized spacial score (nSPS) is 18.5. The van der Waals surface area contributed by atoms with Gasteiger partial charge in [-0.1, -0.05) is 35.5 Å². The van der Waals surface area contributed by atoms with Crippen LogP contribution < -0.4 is 14.8 Å². The summed E-state index contributed by atoms with van der Waals surface area (Å²) in [7, 11) is 1.63. The van der Waals surface area contributed by atoms with Gasteiger partial charge in [-0.05, 0) is 78.7 Å². The van der Waals surface area contributed by atoms with Gasteiger partial charge in [-0.3, -0.25) is 9.59 Å². The molecular formula is C29H27ClN4O4S. The molecule has 2 amide bonds. The minimum Gasteiger partial charge on any atom is -0.497 e. The number of amides is 2. The van der Waals surface area contributed by atoms with E-state index in [4.69, 9.17) is 26.2 Å². The van der Waals surface area contributed by atoms with Gasteiger partial charge in [0.25, 0.3) is 5.91 Å². The van der Waals surface area contributed by atoms with Crippen LogP contribution in [-0.4, -0.2) is 46.7 Å². The molecule has 0 unspecified atom stereocenters. The number of carbonyl (C=O) groups excluding carboxylic acids is 2. The van der Waals surface area contributed by atoms with Crippen molar-refractivity contribution in [3.8, 4) is 11.5 Å². The third kappa shape index (κ3) is 6.26. The quantitative estimate of drug-likeness (QED) is 0.366. The Morgan fingerprint density at radius 1 is 1.05 bits per heavy atom. The van der Waals surface area contributed by atoms with Crippen molar-refractivity contribution in [2.45, 2.75) is 31.1 Å². The average Bonchev–Trinajstić information content (AvgIpc) is 3.54. The molecule has 0 saturated heterocycles. The maximum atomic E-state index is 12.8. The summed E-state index contributed by atoms with van der Waals surface area (Å²) in [6.07, 6.45) is 0.614. The van der Waals surface area contributed by atoms with Crippen LogP contribution in [0.4, 0.5) is 5.69 Å². The first-order chi connectivity index (χ1) is 18.9. The van der Waals surface area contributed by atoms with E-state index in [1.54, 1.807) is 36.4 Å². The second-order valence-corrected chi connectivity index (χ2v) is 10.5. The van der Waals surface area contributed by atoms with Gasteiger partial charge in [0.05, 0.1) is 25.5 Å². The van der Waals surface area contributed by atoms with Gasteiger partial charge in [-0.2, -0.15) is 10.1 Å². The number of ether oxygens (including phenoxy) is 2. The van der Waals surface area contributed by atoms with Crippen LogP contribution in [0.25, 0.3) is 0 Å². The zero-order valence-electron chi connectivity index (χ0n) is 21.5. The molecule has 10 heteroatoms. The maximum Gasteiger partial charge on any atom is 0.262 e. The van der Waals surface area contributed by atoms with Crippen molar-refractivity contribution in [2.75, 3.05) is 19.0 Å². The van der Waals surface area contributed by atoms with Crippen LogP contribution in [0.3, 0.4) is 0 Å². The van der Waals surface area contributed by atoms with Gasteiger partial charge in [0.1, 0.15) is 16.7 Å². The maximum absolute atomic E-state index is 12.8. The van der Waals surface area contributed by atoms with Gasteiger partial charge in [-0.15, -0.1) is 0 Å². The number of carbonyl (C=O) groups is 2. The van der Waals surface area contributed by atoms with Crippen molar-refractivity contribution in [3.05, 3.63) is 88.9 Å². The number of nitrogens with one attached hydrogen (secondary N) is 1. The highest BCUT2D eigenvalue weighted by Crippen LogP contribution is 2.39. The summed E-state index contributed by atoms with van der Waals surface area (Å²) in [6.45, 7) is 2.48. The van der Waals surface area contributed by atoms with Crippen LogP contribution in [0.15, 0.2) is 82.9 Å². The molecule has 2 aliphatic heterocycles. The number of hydrogen-bond acceptors (Lipinski definition) is 7. The van der Waals surface area contributed by atoms with Crippen LogP contribution in [0.1, 0.15) is 36.9 Å². The second kappa shape index (κ2) is 11.9. The van der Waals surface area contributed by atoms with Gasteiger partial charge in [0.2, 0.25) is 5.91 Å². The number of aliphatic imine (C=N–C) groups is 1. The fourth-order valence-corrected chi connectivity index (χ4v) is 5.56. The Morgan fingerprint density at radius 2 is 1.74 bits per heavy atom. The third-order valence-corrected chi connectivity index (χ3v) is 7.73. The Kier molecular flexibility index (Phi) is 8.18. The summed E-state index contributed by atoms with van der Waals surface area (Å²) in [4.78, 5) is 29.9. The fraction of sp³-hybridized carbons (Fsp3) is 0.241. The average molecular weight is 563 g/mol. The van der Waals surface area contributed by atoms with Crippen LogP contribution in [-0.2, 0) is 9.59 Å². The molecule has 0 saturated carbocycles. The molecular weight excluding hydrogens is 536 g/mol. The molecule has 0 bridgehead atoms. The van der Waals surface area contributed by atoms with E-state index in [1.807, 2.05) is 55.5 Å². The van der Waals surface area contributed by atoms with Crippen molar-refractivity contribution in [1.29, 1.82) is 0 Å². The minimum atomic E-state index is -0.631. The molecule has 3 aromatic rings. The number of benzene rings is 3. The molecule has 0 aromatic heterocycles. The number of rotatable bonds is 8. The molecule has 1 N–H and O–H groups in total. The summed E-state index contributed by atoms with van der Waals surface area (Å²) >= 11 is 7.39. The monoisotopic (exact) mass is 562 g/mol. The molecule has 2 heterocycles. The highest BCUT2D eigenvalue weighted by atomic mass is 35.5. The topological polar surface area (TPSA) is 92.6 Å². The molecule has 5 rings (SSSR count). The van der Waals surface area contributed by atoms with Crippen molar-refractivity contribution in [2.24, 2.45) is 10.1 Å². The van der Waals surface area contributed by atoms with E-state index in [-0.39, 0.29) is 24.3 Å². The van der Waals surface area contributed by atoms with Crippen molar-refractivity contribution < 1.29 is 19.1 Å². The predicted molar refractivity (Wildman–Crippen MR) is 155 cm³/mol. The molecule has 0 spiro atoms. The first-order valence-corrected chi connectivity index (χ1v) is 13.8. The number of hydrogen-bond donors (Lipinski definition) is 1. The summed E-state index contributed by atoms with van der Waals surface area (Å²) in [6, 6.07) is 22.2. The van der Waals surface area contributed by atoms with Crippen molar-refractivity contribution in [1.82, 2.24) is 5.01 Å². The predicted octanol–water partition coefficient (Wildman–Crippen LogP) is 5.93. The molecule has 2 atom stereocenters. The Labute approximate surface area is 236 Å². The van der Waals surface area contributed by atoms with E-state index in [2.05, 4.69) is 10.3 Å². The van der Waals surface area contributed by atoms with Gasteiger partial charge in [-0.25, -0.2) is 5.01 Å². The molecule has 0 aliphatic carbocycles. The van der Waals surface area contributed by atoms with Crippen LogP contribution in [0.5, 0.6) is 11.5 Å². The van der Waals surface area contributed by atoms with E-state index < -0.39 is 5.25 Å². The van der Waals surface area contributed by atoms with Crippen LogP contribution >= 0.6 is 23.4 Å². The van der Waals surface area contributed by atoms with E-state index in [9.17, 15) is 9.59 Å². The zero-order chi connectivity index (χ0) is 27.4. The van der Waals surface area contributed by atoms with E-state index >= 15 is 0 Å². The summed E-state index contributed by atoms with van der Waals surface area (Å²) in [5.74, 6) is 0.876. The summed E-state index contributed by atoms with van der Waals surface area (Å²) in [5.41, 5.74) is 3.46. The number of anilines is 1. The minimum absolute atomic E-state index is 0.00177. The number of thioether (sulfide) groups is 1. The van der Waals surface area contributed by atoms with E-state index in [1.165, 1.54) is 11.8 Å².